The molecular formula is C21H27N5O3S. The van der Waals surface area contributed by atoms with E-state index in [9.17, 15) is 8.42 Å². The Morgan fingerprint density at radius 1 is 1.13 bits per heavy atom. The van der Waals surface area contributed by atoms with Gasteiger partial charge in [-0.25, -0.2) is 18.4 Å². The van der Waals surface area contributed by atoms with Gasteiger partial charge in [0.25, 0.3) is 0 Å². The summed E-state index contributed by atoms with van der Waals surface area (Å²) in [6, 6.07) is 7.97. The number of benzene rings is 1. The number of hydrogen-bond acceptors (Lipinski definition) is 7. The smallest absolute Gasteiger partial charge is 0.224 e. The molecule has 1 saturated carbocycles. The fourth-order valence-corrected chi connectivity index (χ4v) is 5.50. The van der Waals surface area contributed by atoms with Crippen LogP contribution in [0.2, 0.25) is 0 Å². The van der Waals surface area contributed by atoms with E-state index in [-0.39, 0.29) is 11.9 Å². The summed E-state index contributed by atoms with van der Waals surface area (Å²) in [4.78, 5) is 11.0. The minimum atomic E-state index is -3.09. The number of ether oxygens (including phenoxy) is 1. The van der Waals surface area contributed by atoms with Crippen molar-refractivity contribution in [3.8, 4) is 11.9 Å². The van der Waals surface area contributed by atoms with Gasteiger partial charge in [0.15, 0.2) is 0 Å². The highest BCUT2D eigenvalue weighted by molar-refractivity contribution is 7.89. The minimum Gasteiger partial charge on any atom is -0.474 e. The summed E-state index contributed by atoms with van der Waals surface area (Å²) in [6.45, 7) is 4.46. The Hall–Kier alpha value is -2.28. The van der Waals surface area contributed by atoms with Gasteiger partial charge in [-0.3, -0.25) is 4.90 Å². The molecule has 9 heteroatoms. The van der Waals surface area contributed by atoms with Crippen LogP contribution in [0.3, 0.4) is 0 Å². The number of piperazine rings is 1. The van der Waals surface area contributed by atoms with Gasteiger partial charge in [0, 0.05) is 32.2 Å². The van der Waals surface area contributed by atoms with Gasteiger partial charge in [-0.05, 0) is 50.8 Å². The first-order valence-electron chi connectivity index (χ1n) is 10.5. The van der Waals surface area contributed by atoms with Gasteiger partial charge < -0.3 is 4.74 Å². The minimum absolute atomic E-state index is 0.0897. The van der Waals surface area contributed by atoms with E-state index < -0.39 is 10.0 Å². The molecule has 1 aliphatic carbocycles. The van der Waals surface area contributed by atoms with Crippen LogP contribution >= 0.6 is 0 Å². The molecule has 0 atom stereocenters. The Labute approximate surface area is 177 Å². The summed E-state index contributed by atoms with van der Waals surface area (Å²) in [5.74, 6) is 0.710. The van der Waals surface area contributed by atoms with Gasteiger partial charge in [-0.1, -0.05) is 0 Å². The lowest BCUT2D eigenvalue weighted by molar-refractivity contribution is 0.0677. The van der Waals surface area contributed by atoms with Crippen LogP contribution in [0.5, 0.6) is 5.88 Å². The van der Waals surface area contributed by atoms with Crippen LogP contribution in [-0.2, 0) is 10.0 Å². The number of hydrogen-bond donors (Lipinski definition) is 0. The van der Waals surface area contributed by atoms with E-state index in [1.165, 1.54) is 6.33 Å². The third-order valence-electron chi connectivity index (χ3n) is 6.20. The van der Waals surface area contributed by atoms with Crippen LogP contribution in [0.4, 0.5) is 0 Å². The van der Waals surface area contributed by atoms with E-state index >= 15 is 0 Å². The van der Waals surface area contributed by atoms with Gasteiger partial charge in [0.2, 0.25) is 15.9 Å². The van der Waals surface area contributed by atoms with Crippen LogP contribution in [0.15, 0.2) is 24.5 Å². The molecule has 1 saturated heterocycles. The average Bonchev–Trinajstić information content (AvgIpc) is 2.79. The number of aromatic nitrogens is 2. The summed E-state index contributed by atoms with van der Waals surface area (Å²) >= 11 is 0. The molecule has 2 fully saturated rings. The van der Waals surface area contributed by atoms with Crippen molar-refractivity contribution >= 4 is 20.9 Å². The molecule has 2 aromatic rings. The Morgan fingerprint density at radius 3 is 2.53 bits per heavy atom. The second-order valence-corrected chi connectivity index (χ2v) is 10.2. The summed E-state index contributed by atoms with van der Waals surface area (Å²) in [6.07, 6.45) is 5.50. The highest BCUT2D eigenvalue weighted by atomic mass is 32.2. The molecule has 0 amide bonds. The zero-order chi connectivity index (χ0) is 21.1. The van der Waals surface area contributed by atoms with Gasteiger partial charge in [-0.2, -0.15) is 9.57 Å². The molecule has 0 bridgehead atoms. The molecule has 8 nitrogen and oxygen atoms in total. The first-order valence-corrected chi connectivity index (χ1v) is 12.1. The Balaban J connectivity index is 1.34. The second kappa shape index (κ2) is 8.84. The fraction of sp³-hybridized carbons (Fsp3) is 0.571. The maximum absolute atomic E-state index is 12.1. The van der Waals surface area contributed by atoms with E-state index in [1.54, 1.807) is 23.4 Å². The molecule has 2 aliphatic rings. The molecule has 1 aromatic carbocycles. The van der Waals surface area contributed by atoms with Gasteiger partial charge in [0.1, 0.15) is 12.4 Å². The predicted molar refractivity (Wildman–Crippen MR) is 114 cm³/mol. The Bertz CT molecular complexity index is 1040. The molecule has 1 aromatic heterocycles. The first-order chi connectivity index (χ1) is 14.5. The van der Waals surface area contributed by atoms with E-state index in [0.717, 1.165) is 49.7 Å². The Kier molecular flexibility index (Phi) is 6.18. The predicted octanol–water partition coefficient (Wildman–Crippen LogP) is 2.16. The van der Waals surface area contributed by atoms with Crippen molar-refractivity contribution in [2.45, 2.75) is 44.8 Å². The maximum atomic E-state index is 12.1. The van der Waals surface area contributed by atoms with Crippen LogP contribution < -0.4 is 4.74 Å². The molecule has 160 valence electrons. The molecule has 0 radical (unpaired) electrons. The Morgan fingerprint density at radius 2 is 1.87 bits per heavy atom. The third-order valence-corrected chi connectivity index (χ3v) is 8.08. The monoisotopic (exact) mass is 429 g/mol. The van der Waals surface area contributed by atoms with Gasteiger partial charge in [0.05, 0.1) is 28.3 Å². The zero-order valence-corrected chi connectivity index (χ0v) is 18.0. The van der Waals surface area contributed by atoms with E-state index in [4.69, 9.17) is 10.00 Å². The van der Waals surface area contributed by atoms with Crippen LogP contribution in [-0.4, -0.2) is 71.7 Å². The van der Waals surface area contributed by atoms with Crippen LogP contribution in [0.1, 0.15) is 38.2 Å². The lowest BCUT2D eigenvalue weighted by atomic mass is 9.91. The van der Waals surface area contributed by atoms with Crippen molar-refractivity contribution in [3.63, 3.8) is 0 Å². The number of nitrogens with zero attached hydrogens (tertiary/aromatic N) is 5. The first kappa shape index (κ1) is 21.0. The normalized spacial score (nSPS) is 23.9. The molecule has 0 unspecified atom stereocenters. The number of rotatable bonds is 5. The van der Waals surface area contributed by atoms with Gasteiger partial charge in [-0.15, -0.1) is 0 Å². The lowest BCUT2D eigenvalue weighted by Crippen LogP contribution is -2.53. The van der Waals surface area contributed by atoms with E-state index in [2.05, 4.69) is 20.9 Å². The van der Waals surface area contributed by atoms with Crippen molar-refractivity contribution in [1.82, 2.24) is 19.2 Å². The highest BCUT2D eigenvalue weighted by Gasteiger charge is 2.32. The molecule has 4 rings (SSSR count). The molecule has 0 spiro atoms. The standard InChI is InChI=1S/C21H27N5O3S/c1-2-30(27,28)26-11-9-25(10-12-26)17-4-6-18(7-5-17)29-21-19-13-16(14-22)3-8-20(19)23-15-24-21/h3,8,13,15,17-18H,2,4-7,9-12H2,1H3. The van der Waals surface area contributed by atoms with Crippen molar-refractivity contribution in [1.29, 1.82) is 5.26 Å². The van der Waals surface area contributed by atoms with Crippen molar-refractivity contribution < 1.29 is 13.2 Å². The molecule has 30 heavy (non-hydrogen) atoms. The van der Waals surface area contributed by atoms with Crippen LogP contribution in [0.25, 0.3) is 10.9 Å². The topological polar surface area (TPSA) is 99.4 Å². The maximum Gasteiger partial charge on any atom is 0.224 e. The van der Waals surface area contributed by atoms with E-state index in [1.807, 2.05) is 6.07 Å². The molecule has 0 N–H and O–H groups in total. The largest absolute Gasteiger partial charge is 0.474 e. The molecular weight excluding hydrogens is 402 g/mol. The third kappa shape index (κ3) is 4.41. The van der Waals surface area contributed by atoms with Crippen molar-refractivity contribution in [2.75, 3.05) is 31.9 Å². The fourth-order valence-electron chi connectivity index (χ4n) is 4.41. The molecule has 2 heterocycles. The zero-order valence-electron chi connectivity index (χ0n) is 17.2. The number of nitriles is 1. The van der Waals surface area contributed by atoms with E-state index in [0.29, 0.717) is 30.6 Å². The second-order valence-electron chi connectivity index (χ2n) is 7.91. The SMILES string of the molecule is CCS(=O)(=O)N1CCN(C2CCC(Oc3ncnc4ccc(C#N)cc34)CC2)CC1. The van der Waals surface area contributed by atoms with Crippen molar-refractivity contribution in [2.24, 2.45) is 0 Å². The quantitative estimate of drug-likeness (QED) is 0.718. The summed E-state index contributed by atoms with van der Waals surface area (Å²) in [5.41, 5.74) is 1.34. The summed E-state index contributed by atoms with van der Waals surface area (Å²) in [7, 11) is -3.09. The summed E-state index contributed by atoms with van der Waals surface area (Å²) in [5, 5.41) is 9.94. The summed E-state index contributed by atoms with van der Waals surface area (Å²) < 4.78 is 31.9. The van der Waals surface area contributed by atoms with Gasteiger partial charge >= 0.3 is 0 Å². The molecule has 1 aliphatic heterocycles. The highest BCUT2D eigenvalue weighted by Crippen LogP contribution is 2.30. The van der Waals surface area contributed by atoms with Crippen LogP contribution in [0, 0.1) is 11.3 Å². The lowest BCUT2D eigenvalue weighted by Gasteiger charge is -2.41. The number of fused-ring (bicyclic) bond motifs is 1. The van der Waals surface area contributed by atoms with Crippen molar-refractivity contribution in [3.05, 3.63) is 30.1 Å². The average molecular weight is 430 g/mol. The number of sulfonamides is 1.